The van der Waals surface area contributed by atoms with Gasteiger partial charge in [-0.25, -0.2) is 0 Å². The Hall–Kier alpha value is -1.32. The van der Waals surface area contributed by atoms with Crippen LogP contribution in [0.15, 0.2) is 30.5 Å². The molecule has 0 radical (unpaired) electrons. The highest BCUT2D eigenvalue weighted by Crippen LogP contribution is 2.23. The number of rotatable bonds is 5. The van der Waals surface area contributed by atoms with Crippen LogP contribution in [0.2, 0.25) is 0 Å². The highest BCUT2D eigenvalue weighted by Gasteiger charge is 2.16. The van der Waals surface area contributed by atoms with Gasteiger partial charge in [0.2, 0.25) is 0 Å². The summed E-state index contributed by atoms with van der Waals surface area (Å²) in [6, 6.07) is 8.92. The number of hydrogen-bond donors (Lipinski definition) is 1. The van der Waals surface area contributed by atoms with Gasteiger partial charge in [-0.1, -0.05) is 18.2 Å². The summed E-state index contributed by atoms with van der Waals surface area (Å²) < 4.78 is 8.09. The topological polar surface area (TPSA) is 40.2 Å². The molecule has 108 valence electrons. The van der Waals surface area contributed by atoms with E-state index in [2.05, 4.69) is 42.0 Å². The van der Waals surface area contributed by atoms with Crippen molar-refractivity contribution >= 4 is 10.9 Å². The zero-order valence-corrected chi connectivity index (χ0v) is 12.2. The van der Waals surface area contributed by atoms with E-state index in [9.17, 15) is 0 Å². The van der Waals surface area contributed by atoms with E-state index in [4.69, 9.17) is 10.5 Å². The van der Waals surface area contributed by atoms with E-state index in [-0.39, 0.29) is 6.04 Å². The SMILES string of the molecule is CC(N)Cc1cccc2ccn(CCC3CCCO3)c12. The summed E-state index contributed by atoms with van der Waals surface area (Å²) in [5, 5.41) is 1.32. The van der Waals surface area contributed by atoms with Crippen molar-refractivity contribution in [1.82, 2.24) is 4.57 Å². The third kappa shape index (κ3) is 2.89. The Balaban J connectivity index is 1.82. The fourth-order valence-corrected chi connectivity index (χ4v) is 3.19. The second-order valence-electron chi connectivity index (χ2n) is 5.97. The highest BCUT2D eigenvalue weighted by atomic mass is 16.5. The van der Waals surface area contributed by atoms with Gasteiger partial charge in [0, 0.05) is 25.4 Å². The Morgan fingerprint density at radius 3 is 3.05 bits per heavy atom. The molecule has 2 heterocycles. The van der Waals surface area contributed by atoms with Gasteiger partial charge in [0.1, 0.15) is 0 Å². The van der Waals surface area contributed by atoms with Gasteiger partial charge in [-0.3, -0.25) is 0 Å². The molecule has 1 aromatic heterocycles. The van der Waals surface area contributed by atoms with Gasteiger partial charge in [0.05, 0.1) is 11.6 Å². The zero-order chi connectivity index (χ0) is 13.9. The number of aryl methyl sites for hydroxylation is 1. The molecule has 1 fully saturated rings. The predicted molar refractivity (Wildman–Crippen MR) is 82.9 cm³/mol. The molecule has 1 aliphatic heterocycles. The quantitative estimate of drug-likeness (QED) is 0.908. The van der Waals surface area contributed by atoms with E-state index in [1.807, 2.05) is 0 Å². The van der Waals surface area contributed by atoms with Crippen LogP contribution in [0.3, 0.4) is 0 Å². The number of nitrogens with zero attached hydrogens (tertiary/aromatic N) is 1. The summed E-state index contributed by atoms with van der Waals surface area (Å²) in [4.78, 5) is 0. The van der Waals surface area contributed by atoms with E-state index in [0.717, 1.165) is 26.0 Å². The second-order valence-corrected chi connectivity index (χ2v) is 5.97. The van der Waals surface area contributed by atoms with Gasteiger partial charge in [0.25, 0.3) is 0 Å². The van der Waals surface area contributed by atoms with Gasteiger partial charge in [0.15, 0.2) is 0 Å². The lowest BCUT2D eigenvalue weighted by molar-refractivity contribution is 0.101. The number of aromatic nitrogens is 1. The molecule has 1 aromatic carbocycles. The van der Waals surface area contributed by atoms with E-state index in [0.29, 0.717) is 6.10 Å². The molecule has 3 heteroatoms. The Kier molecular flexibility index (Phi) is 4.08. The lowest BCUT2D eigenvalue weighted by atomic mass is 10.0. The van der Waals surface area contributed by atoms with Gasteiger partial charge < -0.3 is 15.0 Å². The number of para-hydroxylation sites is 1. The van der Waals surface area contributed by atoms with Crippen LogP contribution in [0.1, 0.15) is 31.7 Å². The molecule has 0 amide bonds. The number of fused-ring (bicyclic) bond motifs is 1. The van der Waals surface area contributed by atoms with E-state index < -0.39 is 0 Å². The highest BCUT2D eigenvalue weighted by molar-refractivity contribution is 5.83. The normalized spacial score (nSPS) is 20.6. The molecule has 2 aromatic rings. The Morgan fingerprint density at radius 1 is 1.40 bits per heavy atom. The van der Waals surface area contributed by atoms with Crippen LogP contribution in [-0.2, 0) is 17.7 Å². The van der Waals surface area contributed by atoms with Crippen molar-refractivity contribution in [2.24, 2.45) is 5.73 Å². The molecule has 2 N–H and O–H groups in total. The van der Waals surface area contributed by atoms with Crippen LogP contribution in [0.25, 0.3) is 10.9 Å². The largest absolute Gasteiger partial charge is 0.378 e. The molecule has 3 rings (SSSR count). The van der Waals surface area contributed by atoms with Crippen molar-refractivity contribution in [2.75, 3.05) is 6.61 Å². The van der Waals surface area contributed by atoms with Crippen molar-refractivity contribution in [1.29, 1.82) is 0 Å². The fraction of sp³-hybridized carbons (Fsp3) is 0.529. The minimum absolute atomic E-state index is 0.196. The fourth-order valence-electron chi connectivity index (χ4n) is 3.19. The van der Waals surface area contributed by atoms with Crippen LogP contribution in [0.4, 0.5) is 0 Å². The molecular weight excluding hydrogens is 248 g/mol. The lowest BCUT2D eigenvalue weighted by Crippen LogP contribution is -2.18. The van der Waals surface area contributed by atoms with E-state index in [1.54, 1.807) is 0 Å². The molecule has 1 aliphatic rings. The molecule has 0 saturated carbocycles. The molecule has 20 heavy (non-hydrogen) atoms. The van der Waals surface area contributed by atoms with E-state index >= 15 is 0 Å². The van der Waals surface area contributed by atoms with Crippen molar-refractivity contribution in [3.63, 3.8) is 0 Å². The first-order valence-electron chi connectivity index (χ1n) is 7.68. The third-order valence-electron chi connectivity index (χ3n) is 4.13. The molecule has 2 atom stereocenters. The molecule has 1 saturated heterocycles. The third-order valence-corrected chi connectivity index (χ3v) is 4.13. The number of nitrogens with two attached hydrogens (primary N) is 1. The maximum Gasteiger partial charge on any atom is 0.0593 e. The van der Waals surface area contributed by atoms with Crippen LogP contribution in [0, 0.1) is 0 Å². The summed E-state index contributed by atoms with van der Waals surface area (Å²) in [6.07, 6.45) is 7.12. The summed E-state index contributed by atoms with van der Waals surface area (Å²) in [6.45, 7) is 4.04. The summed E-state index contributed by atoms with van der Waals surface area (Å²) in [7, 11) is 0. The van der Waals surface area contributed by atoms with Crippen molar-refractivity contribution in [2.45, 2.75) is 51.3 Å². The molecule has 0 spiro atoms. The van der Waals surface area contributed by atoms with Gasteiger partial charge in [-0.2, -0.15) is 0 Å². The first-order valence-corrected chi connectivity index (χ1v) is 7.68. The van der Waals surface area contributed by atoms with Crippen molar-refractivity contribution in [3.8, 4) is 0 Å². The Morgan fingerprint density at radius 2 is 2.30 bits per heavy atom. The summed E-state index contributed by atoms with van der Waals surface area (Å²) in [5.41, 5.74) is 8.68. The molecule has 0 bridgehead atoms. The van der Waals surface area contributed by atoms with E-state index in [1.165, 1.54) is 29.3 Å². The summed E-state index contributed by atoms with van der Waals surface area (Å²) >= 11 is 0. The molecule has 3 nitrogen and oxygen atoms in total. The summed E-state index contributed by atoms with van der Waals surface area (Å²) in [5.74, 6) is 0. The minimum Gasteiger partial charge on any atom is -0.378 e. The number of ether oxygens (including phenoxy) is 1. The smallest absolute Gasteiger partial charge is 0.0593 e. The van der Waals surface area contributed by atoms with Crippen molar-refractivity contribution in [3.05, 3.63) is 36.0 Å². The Labute approximate surface area is 120 Å². The average molecular weight is 272 g/mol. The lowest BCUT2D eigenvalue weighted by Gasteiger charge is -2.14. The first-order chi connectivity index (χ1) is 9.74. The zero-order valence-electron chi connectivity index (χ0n) is 12.2. The maximum absolute atomic E-state index is 5.98. The first kappa shape index (κ1) is 13.7. The predicted octanol–water partition coefficient (Wildman–Crippen LogP) is 3.10. The molecule has 2 unspecified atom stereocenters. The number of benzene rings is 1. The molecular formula is C17H24N2O. The van der Waals surface area contributed by atoms with Crippen LogP contribution in [-0.4, -0.2) is 23.3 Å². The van der Waals surface area contributed by atoms with Gasteiger partial charge in [-0.05, 0) is 49.6 Å². The monoisotopic (exact) mass is 272 g/mol. The average Bonchev–Trinajstić information content (AvgIpc) is 3.05. The van der Waals surface area contributed by atoms with Crippen molar-refractivity contribution < 1.29 is 4.74 Å². The second kappa shape index (κ2) is 5.98. The minimum atomic E-state index is 0.196. The maximum atomic E-state index is 5.98. The van der Waals surface area contributed by atoms with Crippen LogP contribution < -0.4 is 5.73 Å². The van der Waals surface area contributed by atoms with Crippen LogP contribution in [0.5, 0.6) is 0 Å². The van der Waals surface area contributed by atoms with Gasteiger partial charge in [-0.15, -0.1) is 0 Å². The van der Waals surface area contributed by atoms with Crippen LogP contribution >= 0.6 is 0 Å². The Bertz CT molecular complexity index is 567. The van der Waals surface area contributed by atoms with Gasteiger partial charge >= 0.3 is 0 Å². The standard InChI is InChI=1S/C17H24N2O/c1-13(18)12-15-5-2-4-14-7-9-19(17(14)15)10-8-16-6-3-11-20-16/h2,4-5,7,9,13,16H,3,6,8,10-12,18H2,1H3. The number of hydrogen-bond acceptors (Lipinski definition) is 2. The molecule has 0 aliphatic carbocycles.